The predicted molar refractivity (Wildman–Crippen MR) is 151 cm³/mol. The maximum atomic E-state index is 9.98. The van der Waals surface area contributed by atoms with Crippen molar-refractivity contribution in [2.24, 2.45) is 0 Å². The predicted octanol–water partition coefficient (Wildman–Crippen LogP) is 5.74. The van der Waals surface area contributed by atoms with Gasteiger partial charge in [-0.25, -0.2) is 9.97 Å². The van der Waals surface area contributed by atoms with Gasteiger partial charge in [-0.05, 0) is 62.1 Å². The highest BCUT2D eigenvalue weighted by Gasteiger charge is 2.24. The number of hydrogen-bond acceptors (Lipinski definition) is 10. The topological polar surface area (TPSA) is 120 Å². The first-order valence-corrected chi connectivity index (χ1v) is 14.5. The molecule has 10 heteroatoms. The first-order valence-electron chi connectivity index (χ1n) is 12.9. The van der Waals surface area contributed by atoms with Crippen LogP contribution in [0.25, 0.3) is 20.4 Å². The van der Waals surface area contributed by atoms with E-state index in [0.29, 0.717) is 0 Å². The summed E-state index contributed by atoms with van der Waals surface area (Å²) in [5, 5.41) is 37.7. The Morgan fingerprint density at radius 2 is 1.27 bits per heavy atom. The van der Waals surface area contributed by atoms with Gasteiger partial charge in [-0.3, -0.25) is 0 Å². The van der Waals surface area contributed by atoms with Crippen LogP contribution in [0.3, 0.4) is 0 Å². The van der Waals surface area contributed by atoms with E-state index in [4.69, 9.17) is 4.74 Å². The number of aromatic hydroxyl groups is 1. The highest BCUT2D eigenvalue weighted by atomic mass is 32.1. The molecule has 2 aliphatic carbocycles. The number of aliphatic hydroxyl groups excluding tert-OH is 2. The van der Waals surface area contributed by atoms with Gasteiger partial charge in [-0.15, -0.1) is 0 Å². The minimum atomic E-state index is -0.279. The molecular weight excluding hydrogens is 508 g/mol. The molecule has 8 nitrogen and oxygen atoms in total. The number of nitrogens with zero attached hydrogens (tertiary/aromatic N) is 2. The maximum absolute atomic E-state index is 9.98. The molecule has 2 saturated carbocycles. The van der Waals surface area contributed by atoms with E-state index in [1.54, 1.807) is 30.6 Å². The molecule has 4 aromatic rings. The Balaban J connectivity index is 0.000000152. The highest BCUT2D eigenvalue weighted by Crippen LogP contribution is 2.32. The maximum Gasteiger partial charge on any atom is 0.184 e. The summed E-state index contributed by atoms with van der Waals surface area (Å²) >= 11 is 3.12. The van der Waals surface area contributed by atoms with Crippen molar-refractivity contribution in [3.8, 4) is 11.5 Å². The second-order valence-electron chi connectivity index (χ2n) is 9.73. The lowest BCUT2D eigenvalue weighted by atomic mass is 9.93. The summed E-state index contributed by atoms with van der Waals surface area (Å²) in [5.41, 5.74) is 1.85. The Hall–Kier alpha value is -2.66. The van der Waals surface area contributed by atoms with Crippen molar-refractivity contribution in [3.05, 3.63) is 36.4 Å². The number of rotatable bonds is 5. The lowest BCUT2D eigenvalue weighted by Crippen LogP contribution is -2.36. The van der Waals surface area contributed by atoms with Crippen molar-refractivity contribution < 1.29 is 20.1 Å². The molecule has 2 fully saturated rings. The second-order valence-corrected chi connectivity index (χ2v) is 11.8. The van der Waals surface area contributed by atoms with E-state index in [1.807, 2.05) is 24.3 Å². The Morgan fingerprint density at radius 1 is 0.757 bits per heavy atom. The zero-order chi connectivity index (χ0) is 25.8. The average molecular weight is 543 g/mol. The van der Waals surface area contributed by atoms with Crippen LogP contribution in [-0.2, 0) is 0 Å². The lowest BCUT2D eigenvalue weighted by Gasteiger charge is -2.27. The Bertz CT molecular complexity index is 1330. The molecule has 0 saturated heterocycles. The smallest absolute Gasteiger partial charge is 0.184 e. The molecule has 6 rings (SSSR count). The summed E-state index contributed by atoms with van der Waals surface area (Å²) in [5.74, 6) is 1.11. The number of hydrogen-bond donors (Lipinski definition) is 5. The highest BCUT2D eigenvalue weighted by molar-refractivity contribution is 7.22. The number of aliphatic hydroxyl groups is 2. The van der Waals surface area contributed by atoms with Gasteiger partial charge in [0.2, 0.25) is 0 Å². The molecule has 0 bridgehead atoms. The third-order valence-electron chi connectivity index (χ3n) is 7.04. The number of phenolic OH excluding ortho intramolecular Hbond substituents is 1. The summed E-state index contributed by atoms with van der Waals surface area (Å²) in [7, 11) is 1.67. The minimum Gasteiger partial charge on any atom is -0.508 e. The van der Waals surface area contributed by atoms with Crippen LogP contribution in [0.4, 0.5) is 10.3 Å². The van der Waals surface area contributed by atoms with E-state index in [2.05, 4.69) is 20.6 Å². The Morgan fingerprint density at radius 3 is 1.81 bits per heavy atom. The first-order chi connectivity index (χ1) is 18.0. The SMILES string of the molecule is COc1ccc2nc(N[C@@H]3CCCC[C@H]3O)sc2c1.Oc1ccc2nc(N[C@@H]3CCCC[C@H]3O)sc2c1. The van der Waals surface area contributed by atoms with Gasteiger partial charge in [0.05, 0.1) is 51.8 Å². The molecule has 198 valence electrons. The molecule has 5 N–H and O–H groups in total. The van der Waals surface area contributed by atoms with E-state index < -0.39 is 0 Å². The third-order valence-corrected chi connectivity index (χ3v) is 8.94. The van der Waals surface area contributed by atoms with Crippen molar-refractivity contribution in [1.29, 1.82) is 0 Å². The zero-order valence-corrected chi connectivity index (χ0v) is 22.5. The van der Waals surface area contributed by atoms with Crippen LogP contribution in [-0.4, -0.2) is 56.7 Å². The number of fused-ring (bicyclic) bond motifs is 2. The van der Waals surface area contributed by atoms with E-state index in [1.165, 1.54) is 17.8 Å². The van der Waals surface area contributed by atoms with Gasteiger partial charge in [-0.2, -0.15) is 0 Å². The number of thiazole rings is 2. The number of phenols is 1. The second kappa shape index (κ2) is 11.8. The molecule has 0 spiro atoms. The van der Waals surface area contributed by atoms with Crippen LogP contribution in [0.1, 0.15) is 51.4 Å². The Labute approximate surface area is 224 Å². The number of methoxy groups -OCH3 is 1. The molecule has 4 atom stereocenters. The summed E-state index contributed by atoms with van der Waals surface area (Å²) in [4.78, 5) is 9.02. The first kappa shape index (κ1) is 26.0. The quantitative estimate of drug-likeness (QED) is 0.217. The average Bonchev–Trinajstić information content (AvgIpc) is 3.49. The van der Waals surface area contributed by atoms with Crippen LogP contribution < -0.4 is 15.4 Å². The van der Waals surface area contributed by atoms with Gasteiger partial charge < -0.3 is 30.7 Å². The molecule has 2 aliphatic rings. The number of ether oxygens (including phenoxy) is 1. The van der Waals surface area contributed by atoms with Crippen LogP contribution in [0.5, 0.6) is 11.5 Å². The number of aromatic nitrogens is 2. The lowest BCUT2D eigenvalue weighted by molar-refractivity contribution is 0.116. The van der Waals surface area contributed by atoms with Crippen molar-refractivity contribution in [2.75, 3.05) is 17.7 Å². The van der Waals surface area contributed by atoms with Crippen LogP contribution >= 0.6 is 22.7 Å². The molecule has 37 heavy (non-hydrogen) atoms. The standard InChI is InChI=1S/C14H18N2O2S.C13H16N2O2S/c1-18-9-6-7-11-13(8-9)19-14(16-11)15-10-4-2-3-5-12(10)17;16-8-5-6-10-12(7-8)18-13(15-10)14-9-3-1-2-4-11(9)17/h6-8,10,12,17H,2-5H2,1H3,(H,15,16);5-7,9,11,16-17H,1-4H2,(H,14,15)/t10-,12-;9-,11-/m11/s1. The molecule has 2 aromatic heterocycles. The van der Waals surface area contributed by atoms with Crippen LogP contribution in [0.15, 0.2) is 36.4 Å². The van der Waals surface area contributed by atoms with Gasteiger partial charge in [0.15, 0.2) is 10.3 Å². The molecule has 2 aromatic carbocycles. The van der Waals surface area contributed by atoms with Crippen LogP contribution in [0.2, 0.25) is 0 Å². The van der Waals surface area contributed by atoms with Crippen molar-refractivity contribution in [2.45, 2.75) is 75.7 Å². The van der Waals surface area contributed by atoms with Gasteiger partial charge in [-0.1, -0.05) is 48.4 Å². The number of nitrogens with one attached hydrogen (secondary N) is 2. The van der Waals surface area contributed by atoms with E-state index in [-0.39, 0.29) is 30.0 Å². The molecular formula is C27H34N4O4S2. The monoisotopic (exact) mass is 542 g/mol. The molecule has 0 unspecified atom stereocenters. The minimum absolute atomic E-state index is 0.105. The normalized spacial score (nSPS) is 23.9. The van der Waals surface area contributed by atoms with Gasteiger partial charge in [0.25, 0.3) is 0 Å². The van der Waals surface area contributed by atoms with Gasteiger partial charge in [0.1, 0.15) is 11.5 Å². The van der Waals surface area contributed by atoms with E-state index >= 15 is 0 Å². The van der Waals surface area contributed by atoms with Crippen molar-refractivity contribution in [3.63, 3.8) is 0 Å². The van der Waals surface area contributed by atoms with Crippen molar-refractivity contribution in [1.82, 2.24) is 9.97 Å². The molecule has 0 radical (unpaired) electrons. The summed E-state index contributed by atoms with van der Waals surface area (Å²) in [6.07, 6.45) is 7.77. The summed E-state index contributed by atoms with van der Waals surface area (Å²) in [6, 6.07) is 11.3. The largest absolute Gasteiger partial charge is 0.508 e. The Kier molecular flexibility index (Phi) is 8.29. The number of anilines is 2. The summed E-state index contributed by atoms with van der Waals surface area (Å²) in [6.45, 7) is 0. The van der Waals surface area contributed by atoms with E-state index in [0.717, 1.165) is 81.4 Å². The van der Waals surface area contributed by atoms with Gasteiger partial charge >= 0.3 is 0 Å². The van der Waals surface area contributed by atoms with E-state index in [9.17, 15) is 15.3 Å². The molecule has 0 amide bonds. The fourth-order valence-corrected chi connectivity index (χ4v) is 6.86. The third kappa shape index (κ3) is 6.43. The fraction of sp³-hybridized carbons (Fsp3) is 0.481. The fourth-order valence-electron chi connectivity index (χ4n) is 4.95. The summed E-state index contributed by atoms with van der Waals surface area (Å²) < 4.78 is 7.28. The van der Waals surface area contributed by atoms with Crippen molar-refractivity contribution >= 4 is 53.4 Å². The molecule has 2 heterocycles. The molecule has 0 aliphatic heterocycles. The van der Waals surface area contributed by atoms with Crippen LogP contribution in [0, 0.1) is 0 Å². The number of benzene rings is 2. The van der Waals surface area contributed by atoms with Gasteiger partial charge in [0, 0.05) is 0 Å². The zero-order valence-electron chi connectivity index (χ0n) is 20.9.